The van der Waals surface area contributed by atoms with Crippen LogP contribution in [0, 0.1) is 0 Å². The lowest BCUT2D eigenvalue weighted by Gasteiger charge is -2.21. The number of fused-ring (bicyclic) bond motifs is 12. The number of benzene rings is 9. The summed E-state index contributed by atoms with van der Waals surface area (Å²) in [5.74, 6) is 0. The molecule has 0 amide bonds. The molecule has 12 aromatic rings. The molecule has 9 aromatic carbocycles. The Kier molecular flexibility index (Phi) is 11.0. The van der Waals surface area contributed by atoms with Gasteiger partial charge >= 0.3 is 0 Å². The van der Waals surface area contributed by atoms with Crippen molar-refractivity contribution in [1.82, 2.24) is 9.13 Å². The first-order chi connectivity index (χ1) is 34.7. The molecule has 14 rings (SSSR count). The van der Waals surface area contributed by atoms with Crippen molar-refractivity contribution in [2.24, 2.45) is 12.8 Å². The number of hydrogen-bond donors (Lipinski definition) is 2. The molecule has 4 N–H and O–H groups in total. The topological polar surface area (TPSA) is 75.0 Å². The largest absolute Gasteiger partial charge is 0.456 e. The lowest BCUT2D eigenvalue weighted by atomic mass is 9.82. The van der Waals surface area contributed by atoms with E-state index in [2.05, 4.69) is 212 Å². The average molecular weight is 921 g/mol. The van der Waals surface area contributed by atoms with E-state index in [1.54, 1.807) is 0 Å². The van der Waals surface area contributed by atoms with Crippen molar-refractivity contribution in [3.8, 4) is 27.9 Å². The number of para-hydroxylation sites is 3. The van der Waals surface area contributed by atoms with Crippen molar-refractivity contribution in [1.29, 1.82) is 0 Å². The first-order valence-corrected chi connectivity index (χ1v) is 24.8. The molecule has 71 heavy (non-hydrogen) atoms. The summed E-state index contributed by atoms with van der Waals surface area (Å²) in [5, 5.41) is 7.37. The van der Waals surface area contributed by atoms with Crippen LogP contribution in [0.25, 0.3) is 93.5 Å². The van der Waals surface area contributed by atoms with Gasteiger partial charge in [0, 0.05) is 74.3 Å². The van der Waals surface area contributed by atoms with E-state index in [4.69, 9.17) is 15.9 Å². The summed E-state index contributed by atoms with van der Waals surface area (Å²) in [6.07, 6.45) is 9.73. The van der Waals surface area contributed by atoms with E-state index in [0.717, 1.165) is 34.0 Å². The van der Waals surface area contributed by atoms with Crippen molar-refractivity contribution in [3.63, 3.8) is 0 Å². The summed E-state index contributed by atoms with van der Waals surface area (Å²) in [5.41, 5.74) is 31.6. The molecule has 0 saturated heterocycles. The quantitative estimate of drug-likeness (QED) is 0.169. The second-order valence-corrected chi connectivity index (χ2v) is 19.6. The van der Waals surface area contributed by atoms with Gasteiger partial charge in [0.1, 0.15) is 11.2 Å². The van der Waals surface area contributed by atoms with Gasteiger partial charge in [-0.05, 0) is 136 Å². The number of rotatable bonds is 5. The van der Waals surface area contributed by atoms with Gasteiger partial charge in [0.2, 0.25) is 0 Å². The molecule has 0 spiro atoms. The van der Waals surface area contributed by atoms with Gasteiger partial charge in [0.25, 0.3) is 0 Å². The first-order valence-electron chi connectivity index (χ1n) is 24.8. The van der Waals surface area contributed by atoms with Gasteiger partial charge < -0.3 is 25.0 Å². The number of allylic oxidation sites excluding steroid dienone is 2. The van der Waals surface area contributed by atoms with Crippen LogP contribution in [0.4, 0.5) is 5.69 Å². The molecule has 2 aliphatic rings. The summed E-state index contributed by atoms with van der Waals surface area (Å²) in [6.45, 7) is 5.41. The highest BCUT2D eigenvalue weighted by atomic mass is 16.3. The van der Waals surface area contributed by atoms with Crippen molar-refractivity contribution < 1.29 is 4.42 Å². The Balaban J connectivity index is 0.000000194. The number of anilines is 1. The van der Waals surface area contributed by atoms with Crippen LogP contribution in [0.5, 0.6) is 0 Å². The van der Waals surface area contributed by atoms with Crippen LogP contribution in [0.1, 0.15) is 48.9 Å². The summed E-state index contributed by atoms with van der Waals surface area (Å²) >= 11 is 0. The highest BCUT2D eigenvalue weighted by molar-refractivity contribution is 6.18. The predicted octanol–water partition coefficient (Wildman–Crippen LogP) is 16.4. The number of furan rings is 1. The third kappa shape index (κ3) is 7.70. The zero-order valence-corrected chi connectivity index (χ0v) is 40.5. The van der Waals surface area contributed by atoms with E-state index < -0.39 is 0 Å². The predicted molar refractivity (Wildman–Crippen MR) is 301 cm³/mol. The van der Waals surface area contributed by atoms with Gasteiger partial charge in [-0.3, -0.25) is 0 Å². The van der Waals surface area contributed by atoms with Crippen LogP contribution in [0.15, 0.2) is 222 Å². The molecule has 0 atom stereocenters. The average Bonchev–Trinajstić information content (AvgIpc) is 4.10. The van der Waals surface area contributed by atoms with Crippen LogP contribution in [-0.4, -0.2) is 15.7 Å². The van der Waals surface area contributed by atoms with Crippen molar-refractivity contribution >= 4 is 71.2 Å². The van der Waals surface area contributed by atoms with Crippen LogP contribution in [0.3, 0.4) is 0 Å². The van der Waals surface area contributed by atoms with E-state index in [1.807, 2.05) is 30.3 Å². The zero-order chi connectivity index (χ0) is 48.2. The smallest absolute Gasteiger partial charge is 0.137 e. The molecule has 346 valence electrons. The van der Waals surface area contributed by atoms with Crippen LogP contribution in [0.2, 0.25) is 0 Å². The number of nitrogens with two attached hydrogens (primary N) is 2. The molecule has 0 bridgehead atoms. The Morgan fingerprint density at radius 2 is 1.18 bits per heavy atom. The van der Waals surface area contributed by atoms with Gasteiger partial charge in [-0.2, -0.15) is 0 Å². The molecule has 5 nitrogen and oxygen atoms in total. The fourth-order valence-electron chi connectivity index (χ4n) is 11.2. The zero-order valence-electron chi connectivity index (χ0n) is 40.5. The number of nitrogens with zero attached hydrogens (tertiary/aromatic N) is 2. The van der Waals surface area contributed by atoms with Crippen molar-refractivity contribution in [3.05, 3.63) is 240 Å². The minimum atomic E-state index is -0.0640. The Labute approximate surface area is 414 Å². The van der Waals surface area contributed by atoms with Gasteiger partial charge in [0.05, 0.1) is 16.6 Å². The molecule has 3 heterocycles. The molecule has 2 aliphatic carbocycles. The van der Waals surface area contributed by atoms with E-state index in [9.17, 15) is 0 Å². The number of hydrogen-bond acceptors (Lipinski definition) is 3. The molecule has 3 aromatic heterocycles. The standard InChI is InChI=1S/C46H32N2O.C13H13N.C7H11N/c1-46(2)38-15-9-7-13-30(38)32-23-36-34-22-28(18-20-41(34)48(43(36)25-39(32)46)29-11-5-4-6-12-29)27-17-19-40-33(21-27)35-24-37-31-14-8-10-16-44(31)49-45(37)26-42(35)47(40)3;14-13-9-5-4-8-12(13)10-11-6-2-1-3-7-11;8-6-7-4-2-1-3-5-7/h4-26H,1-3H3;1-9H,10,14H2;2,4-5H,1,3,6,8H2. The molecule has 5 heteroatoms. The summed E-state index contributed by atoms with van der Waals surface area (Å²) in [4.78, 5) is 0. The minimum Gasteiger partial charge on any atom is -0.456 e. The Bertz CT molecular complexity index is 4050. The Morgan fingerprint density at radius 1 is 0.521 bits per heavy atom. The summed E-state index contributed by atoms with van der Waals surface area (Å²) < 4.78 is 11.0. The number of nitrogen functional groups attached to an aromatic ring is 1. The van der Waals surface area contributed by atoms with Crippen LogP contribution in [-0.2, 0) is 18.9 Å². The minimum absolute atomic E-state index is 0.0640. The molecule has 0 saturated carbocycles. The number of aromatic nitrogens is 2. The Morgan fingerprint density at radius 3 is 1.93 bits per heavy atom. The van der Waals surface area contributed by atoms with Crippen molar-refractivity contribution in [2.45, 2.75) is 38.5 Å². The summed E-state index contributed by atoms with van der Waals surface area (Å²) in [7, 11) is 2.15. The molecule has 0 fully saturated rings. The second kappa shape index (κ2) is 17.9. The van der Waals surface area contributed by atoms with Gasteiger partial charge in [-0.15, -0.1) is 0 Å². The van der Waals surface area contributed by atoms with Crippen LogP contribution >= 0.6 is 0 Å². The van der Waals surface area contributed by atoms with E-state index in [0.29, 0.717) is 6.54 Å². The van der Waals surface area contributed by atoms with Crippen molar-refractivity contribution in [2.75, 3.05) is 12.3 Å². The van der Waals surface area contributed by atoms with Gasteiger partial charge in [-0.25, -0.2) is 0 Å². The second-order valence-electron chi connectivity index (χ2n) is 19.6. The molecule has 0 radical (unpaired) electrons. The fraction of sp³-hybridized carbons (Fsp3) is 0.121. The first kappa shape index (κ1) is 43.9. The van der Waals surface area contributed by atoms with E-state index in [1.165, 1.54) is 112 Å². The lowest BCUT2D eigenvalue weighted by molar-refractivity contribution is 0.661. The lowest BCUT2D eigenvalue weighted by Crippen LogP contribution is -2.14. The third-order valence-corrected chi connectivity index (χ3v) is 14.9. The normalized spacial score (nSPS) is 13.5. The van der Waals surface area contributed by atoms with E-state index in [-0.39, 0.29) is 5.41 Å². The maximum Gasteiger partial charge on any atom is 0.137 e. The van der Waals surface area contributed by atoms with Crippen LogP contribution < -0.4 is 11.5 Å². The highest BCUT2D eigenvalue weighted by Crippen LogP contribution is 2.51. The molecule has 0 unspecified atom stereocenters. The maximum absolute atomic E-state index is 6.26. The monoisotopic (exact) mass is 920 g/mol. The maximum atomic E-state index is 6.26. The highest BCUT2D eigenvalue weighted by Gasteiger charge is 2.36. The Hall–Kier alpha value is -8.38. The molecular formula is C66H56N4O. The SMILES string of the molecule is Cn1c2ccc(-c3ccc4c(c3)c3cc5c(cc3n4-c3ccccc3)C(C)(C)c3ccccc3-5)cc2c2cc3c(cc21)oc1ccccc13.NCC1=CCCC=C1.Nc1ccccc1Cc1ccccc1. The third-order valence-electron chi connectivity index (χ3n) is 14.9. The molecular weight excluding hydrogens is 865 g/mol. The fourth-order valence-corrected chi connectivity index (χ4v) is 11.2. The van der Waals surface area contributed by atoms with Gasteiger partial charge in [-0.1, -0.05) is 153 Å². The number of aryl methyl sites for hydroxylation is 1. The molecule has 0 aliphatic heterocycles. The van der Waals surface area contributed by atoms with Gasteiger partial charge in [0.15, 0.2) is 0 Å². The van der Waals surface area contributed by atoms with E-state index >= 15 is 0 Å². The summed E-state index contributed by atoms with van der Waals surface area (Å²) in [6, 6.07) is 69.8.